The maximum Gasteiger partial charge on any atom is 0.416 e. The van der Waals surface area contributed by atoms with Crippen molar-refractivity contribution in [2.75, 3.05) is 11.9 Å². The van der Waals surface area contributed by atoms with Crippen molar-refractivity contribution in [3.8, 4) is 11.1 Å². The minimum absolute atomic E-state index is 0.203. The third kappa shape index (κ3) is 3.63. The molecule has 3 aromatic carbocycles. The van der Waals surface area contributed by atoms with Crippen LogP contribution in [-0.4, -0.2) is 26.6 Å². The zero-order valence-corrected chi connectivity index (χ0v) is 17.0. The molecule has 5 aromatic rings. The monoisotopic (exact) mass is 455 g/mol. The van der Waals surface area contributed by atoms with Gasteiger partial charge in [-0.1, -0.05) is 24.3 Å². The second kappa shape index (κ2) is 7.51. The Morgan fingerprint density at radius 2 is 1.61 bits per heavy atom. The number of anilines is 2. The molecule has 0 atom stereocenters. The van der Waals surface area contributed by atoms with Crippen molar-refractivity contribution in [1.82, 2.24) is 19.6 Å². The first kappa shape index (κ1) is 20.8. The summed E-state index contributed by atoms with van der Waals surface area (Å²) in [6.45, 7) is 0. The number of alkyl halides is 3. The van der Waals surface area contributed by atoms with E-state index in [9.17, 15) is 22.0 Å². The SMILES string of the molecule is CN(c1cccc(-c2ccc(C(F)(F)F)cc2)c1)c1nc2nncn2c2cc(F)c(F)cc12. The third-order valence-corrected chi connectivity index (χ3v) is 5.37. The van der Waals surface area contributed by atoms with E-state index < -0.39 is 23.4 Å². The van der Waals surface area contributed by atoms with Crippen molar-refractivity contribution >= 4 is 28.2 Å². The van der Waals surface area contributed by atoms with Gasteiger partial charge >= 0.3 is 6.18 Å². The molecule has 166 valence electrons. The summed E-state index contributed by atoms with van der Waals surface area (Å²) in [5.41, 5.74) is 1.51. The van der Waals surface area contributed by atoms with Gasteiger partial charge in [-0.15, -0.1) is 10.2 Å². The molecule has 0 aliphatic rings. The lowest BCUT2D eigenvalue weighted by Gasteiger charge is -2.21. The molecule has 10 heteroatoms. The van der Waals surface area contributed by atoms with E-state index >= 15 is 0 Å². The van der Waals surface area contributed by atoms with Gasteiger partial charge < -0.3 is 4.90 Å². The van der Waals surface area contributed by atoms with Gasteiger partial charge in [0.2, 0.25) is 0 Å². The van der Waals surface area contributed by atoms with Gasteiger partial charge in [-0.3, -0.25) is 4.40 Å². The van der Waals surface area contributed by atoms with Crippen LogP contribution < -0.4 is 4.90 Å². The molecule has 33 heavy (non-hydrogen) atoms. The lowest BCUT2D eigenvalue weighted by Crippen LogP contribution is -2.13. The van der Waals surface area contributed by atoms with E-state index in [2.05, 4.69) is 15.2 Å². The highest BCUT2D eigenvalue weighted by molar-refractivity contribution is 5.93. The molecule has 0 saturated carbocycles. The van der Waals surface area contributed by atoms with Crippen molar-refractivity contribution in [2.45, 2.75) is 6.18 Å². The largest absolute Gasteiger partial charge is 0.416 e. The van der Waals surface area contributed by atoms with Crippen LogP contribution in [0.4, 0.5) is 33.5 Å². The second-order valence-electron chi connectivity index (χ2n) is 7.40. The van der Waals surface area contributed by atoms with E-state index in [1.807, 2.05) is 0 Å². The van der Waals surface area contributed by atoms with Crippen LogP contribution in [0.5, 0.6) is 0 Å². The number of hydrogen-bond acceptors (Lipinski definition) is 4. The summed E-state index contributed by atoms with van der Waals surface area (Å²) in [6.07, 6.45) is -3.06. The summed E-state index contributed by atoms with van der Waals surface area (Å²) in [5, 5.41) is 8.05. The predicted octanol–water partition coefficient (Wildman–Crippen LogP) is 6.01. The summed E-state index contributed by atoms with van der Waals surface area (Å²) >= 11 is 0. The molecule has 2 heterocycles. The molecule has 0 amide bonds. The molecule has 0 aliphatic carbocycles. The quantitative estimate of drug-likeness (QED) is 0.313. The Bertz CT molecular complexity index is 1490. The van der Waals surface area contributed by atoms with Gasteiger partial charge in [-0.2, -0.15) is 18.2 Å². The zero-order valence-electron chi connectivity index (χ0n) is 17.0. The molecule has 0 saturated heterocycles. The molecular formula is C23H14F5N5. The molecule has 0 fully saturated rings. The van der Waals surface area contributed by atoms with E-state index in [1.54, 1.807) is 36.2 Å². The fraction of sp³-hybridized carbons (Fsp3) is 0.0870. The Morgan fingerprint density at radius 3 is 2.33 bits per heavy atom. The van der Waals surface area contributed by atoms with Crippen molar-refractivity contribution < 1.29 is 22.0 Å². The van der Waals surface area contributed by atoms with Crippen molar-refractivity contribution in [2.24, 2.45) is 0 Å². The normalized spacial score (nSPS) is 11.9. The van der Waals surface area contributed by atoms with Crippen LogP contribution in [0, 0.1) is 11.6 Å². The smallest absolute Gasteiger partial charge is 0.329 e. The van der Waals surface area contributed by atoms with E-state index in [1.165, 1.54) is 22.9 Å². The third-order valence-electron chi connectivity index (χ3n) is 5.37. The molecule has 5 rings (SSSR count). The number of rotatable bonds is 3. The van der Waals surface area contributed by atoms with Gasteiger partial charge in [-0.25, -0.2) is 8.78 Å². The highest BCUT2D eigenvalue weighted by Crippen LogP contribution is 2.34. The van der Waals surface area contributed by atoms with E-state index in [0.29, 0.717) is 33.5 Å². The first-order valence-corrected chi connectivity index (χ1v) is 9.72. The summed E-state index contributed by atoms with van der Waals surface area (Å²) in [7, 11) is 1.70. The lowest BCUT2D eigenvalue weighted by molar-refractivity contribution is -0.137. The standard InChI is InChI=1S/C23H14F5N5/c1-32(16-4-2-3-14(9-16)13-5-7-15(8-6-13)23(26,27)28)21-17-10-18(24)19(25)11-20(17)33-12-29-31-22(33)30-21/h2-12H,1H3. The number of hydrogen-bond donors (Lipinski definition) is 0. The van der Waals surface area contributed by atoms with E-state index in [-0.39, 0.29) is 5.78 Å². The summed E-state index contributed by atoms with van der Waals surface area (Å²) in [4.78, 5) is 6.12. The average molecular weight is 455 g/mol. The van der Waals surface area contributed by atoms with Gasteiger partial charge in [-0.05, 0) is 41.5 Å². The van der Waals surface area contributed by atoms with Gasteiger partial charge in [0, 0.05) is 24.2 Å². The lowest BCUT2D eigenvalue weighted by atomic mass is 10.0. The minimum Gasteiger partial charge on any atom is -0.329 e. The fourth-order valence-electron chi connectivity index (χ4n) is 3.67. The molecule has 0 bridgehead atoms. The summed E-state index contributed by atoms with van der Waals surface area (Å²) in [5.74, 6) is -1.52. The van der Waals surface area contributed by atoms with Crippen molar-refractivity contribution in [3.63, 3.8) is 0 Å². The number of fused-ring (bicyclic) bond motifs is 3. The second-order valence-corrected chi connectivity index (χ2v) is 7.40. The average Bonchev–Trinajstić information content (AvgIpc) is 3.27. The maximum atomic E-state index is 14.1. The molecular weight excluding hydrogens is 441 g/mol. The van der Waals surface area contributed by atoms with Crippen LogP contribution in [-0.2, 0) is 6.18 Å². The minimum atomic E-state index is -4.41. The van der Waals surface area contributed by atoms with Gasteiger partial charge in [0.15, 0.2) is 11.6 Å². The molecule has 5 nitrogen and oxygen atoms in total. The molecule has 0 spiro atoms. The molecule has 0 radical (unpaired) electrons. The predicted molar refractivity (Wildman–Crippen MR) is 113 cm³/mol. The van der Waals surface area contributed by atoms with Crippen molar-refractivity contribution in [3.05, 3.63) is 84.2 Å². The highest BCUT2D eigenvalue weighted by Gasteiger charge is 2.30. The maximum absolute atomic E-state index is 14.1. The van der Waals surface area contributed by atoms with Gasteiger partial charge in [0.05, 0.1) is 11.1 Å². The van der Waals surface area contributed by atoms with Crippen LogP contribution >= 0.6 is 0 Å². The summed E-state index contributed by atoms with van der Waals surface area (Å²) < 4.78 is 68.1. The number of halogens is 5. The zero-order chi connectivity index (χ0) is 23.3. The molecule has 0 N–H and O–H groups in total. The Hall–Kier alpha value is -4.08. The van der Waals surface area contributed by atoms with Crippen LogP contribution in [0.15, 0.2) is 67.0 Å². The van der Waals surface area contributed by atoms with Crippen LogP contribution in [0.3, 0.4) is 0 Å². The van der Waals surface area contributed by atoms with Crippen LogP contribution in [0.1, 0.15) is 5.56 Å². The van der Waals surface area contributed by atoms with E-state index in [4.69, 9.17) is 0 Å². The topological polar surface area (TPSA) is 46.3 Å². The van der Waals surface area contributed by atoms with Crippen LogP contribution in [0.2, 0.25) is 0 Å². The first-order valence-electron chi connectivity index (χ1n) is 9.72. The number of benzene rings is 3. The Morgan fingerprint density at radius 1 is 0.879 bits per heavy atom. The first-order chi connectivity index (χ1) is 15.7. The molecule has 0 aliphatic heterocycles. The van der Waals surface area contributed by atoms with Crippen molar-refractivity contribution in [1.29, 1.82) is 0 Å². The Kier molecular flexibility index (Phi) is 4.73. The summed E-state index contributed by atoms with van der Waals surface area (Å²) in [6, 6.07) is 14.0. The van der Waals surface area contributed by atoms with Gasteiger partial charge in [0.1, 0.15) is 12.1 Å². The van der Waals surface area contributed by atoms with Crippen LogP contribution in [0.25, 0.3) is 27.8 Å². The fourth-order valence-corrected chi connectivity index (χ4v) is 3.67. The number of aromatic nitrogens is 4. The Balaban J connectivity index is 1.60. The molecule has 2 aromatic heterocycles. The number of nitrogens with zero attached hydrogens (tertiary/aromatic N) is 5. The molecule has 0 unspecified atom stereocenters. The van der Waals surface area contributed by atoms with E-state index in [0.717, 1.165) is 24.3 Å². The Labute approximate surface area is 183 Å². The highest BCUT2D eigenvalue weighted by atomic mass is 19.4. The van der Waals surface area contributed by atoms with Gasteiger partial charge in [0.25, 0.3) is 5.78 Å².